The van der Waals surface area contributed by atoms with E-state index in [1.807, 2.05) is 0 Å². The smallest absolute Gasteiger partial charge is 0.336 e. The van der Waals surface area contributed by atoms with Gasteiger partial charge >= 0.3 is 6.18 Å². The topological polar surface area (TPSA) is 58.4 Å². The lowest BCUT2D eigenvalue weighted by atomic mass is 10.0. The molecule has 5 rings (SSSR count). The van der Waals surface area contributed by atoms with Crippen molar-refractivity contribution in [2.24, 2.45) is 5.89 Å². The van der Waals surface area contributed by atoms with Crippen LogP contribution in [-0.2, 0) is 42.4 Å². The van der Waals surface area contributed by atoms with Crippen LogP contribution in [-0.4, -0.2) is 51.3 Å². The van der Waals surface area contributed by atoms with Crippen LogP contribution in [0.4, 0.5) is 17.6 Å². The first kappa shape index (κ1) is 20.5. The van der Waals surface area contributed by atoms with Crippen LogP contribution in [0.5, 0.6) is 0 Å². The van der Waals surface area contributed by atoms with Crippen LogP contribution in [0.1, 0.15) is 69.3 Å². The van der Waals surface area contributed by atoms with E-state index in [-0.39, 0.29) is 37.9 Å². The highest BCUT2D eigenvalue weighted by molar-refractivity contribution is 7.98. The van der Waals surface area contributed by atoms with Gasteiger partial charge in [-0.2, -0.15) is 18.2 Å². The lowest BCUT2D eigenvalue weighted by Crippen LogP contribution is -2.40. The fourth-order valence-electron chi connectivity index (χ4n) is 4.57. The molecule has 0 radical (unpaired) electrons. The van der Waals surface area contributed by atoms with Crippen molar-refractivity contribution in [3.05, 3.63) is 117 Å². The summed E-state index contributed by atoms with van der Waals surface area (Å²) in [5.74, 6) is -5.64. The van der Waals surface area contributed by atoms with Crippen molar-refractivity contribution in [2.75, 3.05) is 26.1 Å². The molecule has 254 valence electrons. The minimum absolute atomic E-state index is 0.0627. The molecule has 48 heavy (non-hydrogen) atoms. The second-order valence-electron chi connectivity index (χ2n) is 10.3. The Hall–Kier alpha value is -3.96. The normalized spacial score (nSPS) is 24.1. The predicted molar refractivity (Wildman–Crippen MR) is 181 cm³/mol. The summed E-state index contributed by atoms with van der Waals surface area (Å²) < 4.78 is 186. The first-order chi connectivity index (χ1) is 28.4. The lowest BCUT2D eigenvalue weighted by Gasteiger charge is -2.28. The number of halogens is 4. The van der Waals surface area contributed by atoms with Crippen molar-refractivity contribution >= 4 is 17.7 Å². The van der Waals surface area contributed by atoms with Crippen molar-refractivity contribution in [2.45, 2.75) is 63.5 Å². The first-order valence-corrected chi connectivity index (χ1v) is 15.2. The minimum atomic E-state index is -4.63. The van der Waals surface area contributed by atoms with Gasteiger partial charge < -0.3 is 14.4 Å². The summed E-state index contributed by atoms with van der Waals surface area (Å²) in [7, 11) is 0. The molecule has 0 saturated heterocycles. The van der Waals surface area contributed by atoms with E-state index in [1.54, 1.807) is 0 Å². The Kier molecular flexibility index (Phi) is 6.63. The predicted octanol–water partition coefficient (Wildman–Crippen LogP) is 7.47. The zero-order valence-corrected chi connectivity index (χ0v) is 26.7. The molecule has 0 bridgehead atoms. The average molecular weight is 696 g/mol. The zero-order valence-electron chi connectivity index (χ0n) is 40.9. The van der Waals surface area contributed by atoms with Crippen molar-refractivity contribution in [3.63, 3.8) is 0 Å². The van der Waals surface area contributed by atoms with Gasteiger partial charge in [-0.3, -0.25) is 9.59 Å². The Morgan fingerprint density at radius 3 is 2.19 bits per heavy atom. The van der Waals surface area contributed by atoms with Crippen LogP contribution in [0.2, 0.25) is 0 Å². The SMILES string of the molecule is [2H]C([2H])(Sc1nc(=O)c2c(n1C([2H])([2H])C(=O)N(CCN(C([2H])([2H])C)C([2H])([2H])C)C([2H])([2H])c1ccc(-c3ccc(C(F)(F)F)cc3)cc1)C([2H])([2H])C([2H])(C)C2([2H])[2H])c1ccc(F)cc1. The summed E-state index contributed by atoms with van der Waals surface area (Å²) in [4.78, 5) is 33.2. The first-order valence-electron chi connectivity index (χ1n) is 21.9. The summed E-state index contributed by atoms with van der Waals surface area (Å²) in [5.41, 5.74) is -7.82. The fraction of sp³-hybridized carbons (Fsp3) is 0.378. The maximum absolute atomic E-state index is 15.0. The number of carbonyl (C=O) groups excluding carboxylic acids is 1. The number of hydrogen-bond acceptors (Lipinski definition) is 5. The van der Waals surface area contributed by atoms with E-state index < -0.39 is 114 Å². The number of alkyl halides is 3. The molecular weight excluding hydrogens is 640 g/mol. The third kappa shape index (κ3) is 8.73. The van der Waals surface area contributed by atoms with E-state index in [2.05, 4.69) is 4.98 Å². The number of benzene rings is 3. The van der Waals surface area contributed by atoms with E-state index in [4.69, 9.17) is 15.1 Å². The molecule has 1 amide bonds. The van der Waals surface area contributed by atoms with Gasteiger partial charge in [0.05, 0.1) is 11.0 Å². The number of aromatic nitrogens is 2. The molecule has 0 aliphatic heterocycles. The van der Waals surface area contributed by atoms with Crippen LogP contribution >= 0.6 is 11.8 Å². The molecule has 0 saturated carbocycles. The summed E-state index contributed by atoms with van der Waals surface area (Å²) in [5, 5.41) is -1.08. The molecule has 11 heteroatoms. The number of thioether (sulfide) groups is 1. The number of fused-ring (bicyclic) bond motifs is 1. The van der Waals surface area contributed by atoms with E-state index >= 15 is 4.79 Å². The van der Waals surface area contributed by atoms with Crippen LogP contribution in [0.15, 0.2) is 82.7 Å². The second kappa shape index (κ2) is 15.5. The van der Waals surface area contributed by atoms with Gasteiger partial charge in [-0.25, -0.2) is 4.39 Å². The Balaban J connectivity index is 1.74. The van der Waals surface area contributed by atoms with E-state index in [1.165, 1.54) is 12.1 Å². The quantitative estimate of drug-likeness (QED) is 0.0826. The van der Waals surface area contributed by atoms with Gasteiger partial charge in [0, 0.05) is 51.6 Å². The largest absolute Gasteiger partial charge is 0.416 e. The molecule has 1 unspecified atom stereocenters. The number of rotatable bonds is 13. The molecule has 0 spiro atoms. The Bertz CT molecular complexity index is 2410. The van der Waals surface area contributed by atoms with Gasteiger partial charge in [0.15, 0.2) is 5.16 Å². The van der Waals surface area contributed by atoms with Gasteiger partial charge in [0.25, 0.3) is 5.56 Å². The molecule has 1 aliphatic carbocycles. The third-order valence-corrected chi connectivity index (χ3v) is 7.81. The molecule has 0 N–H and O–H groups in total. The second-order valence-corrected chi connectivity index (χ2v) is 11.0. The molecule has 3 aromatic carbocycles. The third-order valence-electron chi connectivity index (χ3n) is 7.02. The molecule has 6 nitrogen and oxygen atoms in total. The molecule has 0 fully saturated rings. The van der Waals surface area contributed by atoms with Crippen LogP contribution in [0, 0.1) is 11.7 Å². The van der Waals surface area contributed by atoms with Crippen molar-refractivity contribution in [1.29, 1.82) is 0 Å². The molecule has 4 aromatic rings. The van der Waals surface area contributed by atoms with E-state index in [0.717, 1.165) is 81.4 Å². The average Bonchev–Trinajstić information content (AvgIpc) is 3.25. The van der Waals surface area contributed by atoms with Crippen LogP contribution in [0.3, 0.4) is 0 Å². The Labute approximate surface area is 303 Å². The number of carbonyl (C=O) groups is 1. The Morgan fingerprint density at radius 1 is 0.979 bits per heavy atom. The standard InChI is InChI=1S/C37H40F4N4O2S/c1-4-43(5-2)18-19-44(22-26-6-10-28(11-7-26)29-12-14-30(15-13-29)37(39,40)41)34(46)23-45-33-21-25(3)20-32(33)35(47)42-36(45)48-24-27-8-16-31(38)17-9-27/h6-17,25H,4-5,18-24H2,1-3H3/i4D2,5D2,20D2,21D2,22D2,23D2,24D2,25D. The Morgan fingerprint density at radius 2 is 1.58 bits per heavy atom. The maximum Gasteiger partial charge on any atom is 0.416 e. The highest BCUT2D eigenvalue weighted by atomic mass is 32.2. The number of nitrogens with zero attached hydrogens (tertiary/aromatic N) is 4. The number of amides is 1. The molecule has 1 aromatic heterocycles. The van der Waals surface area contributed by atoms with E-state index in [0.29, 0.717) is 4.90 Å². The van der Waals surface area contributed by atoms with Gasteiger partial charge in [-0.1, -0.05) is 81.1 Å². The maximum atomic E-state index is 15.0. The van der Waals surface area contributed by atoms with Crippen molar-refractivity contribution in [3.8, 4) is 11.1 Å². The monoisotopic (exact) mass is 695 g/mol. The highest BCUT2D eigenvalue weighted by Crippen LogP contribution is 2.32. The van der Waals surface area contributed by atoms with Gasteiger partial charge in [0.2, 0.25) is 5.91 Å². The van der Waals surface area contributed by atoms with Crippen LogP contribution < -0.4 is 5.56 Å². The summed E-state index contributed by atoms with van der Waals surface area (Å²) in [6.07, 6.45) is -11.2. The molecule has 1 heterocycles. The van der Waals surface area contributed by atoms with Crippen LogP contribution in [0.25, 0.3) is 11.1 Å². The number of hydrogen-bond donors (Lipinski definition) is 0. The van der Waals surface area contributed by atoms with Gasteiger partial charge in [0.1, 0.15) is 12.3 Å². The van der Waals surface area contributed by atoms with Gasteiger partial charge in [-0.05, 0) is 78.2 Å². The summed E-state index contributed by atoms with van der Waals surface area (Å²) >= 11 is -0.0627. The van der Waals surface area contributed by atoms with E-state index in [9.17, 15) is 27.8 Å². The fourth-order valence-corrected chi connectivity index (χ4v) is 5.27. The van der Waals surface area contributed by atoms with Crippen molar-refractivity contribution in [1.82, 2.24) is 19.4 Å². The minimum Gasteiger partial charge on any atom is -0.336 e. The van der Waals surface area contributed by atoms with Crippen molar-refractivity contribution < 1.29 is 42.9 Å². The van der Waals surface area contributed by atoms with Gasteiger partial charge in [-0.15, -0.1) is 0 Å². The molecule has 1 atom stereocenters. The molecular formula is C37H40F4N4O2S. The zero-order chi connectivity index (χ0) is 47.9. The lowest BCUT2D eigenvalue weighted by molar-refractivity contribution is -0.137. The number of likely N-dealkylation sites (N-methyl/N-ethyl adjacent to an activating group) is 1. The summed E-state index contributed by atoms with van der Waals surface area (Å²) in [6, 6.07) is 12.6. The highest BCUT2D eigenvalue weighted by Gasteiger charge is 2.30. The molecule has 1 aliphatic rings. The summed E-state index contributed by atoms with van der Waals surface area (Å²) in [6.45, 7) is -11.2.